The largest absolute Gasteiger partial charge is 0.295 e. The summed E-state index contributed by atoms with van der Waals surface area (Å²) >= 11 is 5.81. The molecule has 0 aromatic carbocycles. The highest BCUT2D eigenvalue weighted by Crippen LogP contribution is 2.27. The van der Waals surface area contributed by atoms with Crippen LogP contribution in [0.2, 0.25) is 5.15 Å². The van der Waals surface area contributed by atoms with Crippen molar-refractivity contribution in [3.8, 4) is 11.3 Å². The van der Waals surface area contributed by atoms with Crippen molar-refractivity contribution in [2.45, 2.75) is 12.8 Å². The van der Waals surface area contributed by atoms with Crippen LogP contribution in [0.25, 0.3) is 11.3 Å². The molecule has 0 radical (unpaired) electrons. The summed E-state index contributed by atoms with van der Waals surface area (Å²) in [6, 6.07) is 11.1. The Bertz CT molecular complexity index is 899. The lowest BCUT2D eigenvalue weighted by Crippen LogP contribution is -2.28. The predicted octanol–water partition coefficient (Wildman–Crippen LogP) is 3.18. The number of anilines is 1. The van der Waals surface area contributed by atoms with E-state index in [1.165, 1.54) is 0 Å². The summed E-state index contributed by atoms with van der Waals surface area (Å²) in [7, 11) is 0. The molecule has 1 fully saturated rings. The minimum atomic E-state index is -0.0698. The third-order valence-electron chi connectivity index (χ3n) is 4.49. The van der Waals surface area contributed by atoms with Gasteiger partial charge in [0.25, 0.3) is 0 Å². The first kappa shape index (κ1) is 16.6. The number of aromatic nitrogens is 4. The monoisotopic (exact) mass is 365 g/mol. The number of rotatable bonds is 4. The minimum absolute atomic E-state index is 0.0698. The first-order valence-electron chi connectivity index (χ1n) is 8.36. The molecule has 1 amide bonds. The van der Waals surface area contributed by atoms with Crippen molar-refractivity contribution in [1.82, 2.24) is 20.2 Å². The first-order chi connectivity index (χ1) is 12.7. The summed E-state index contributed by atoms with van der Waals surface area (Å²) in [4.78, 5) is 22.5. The van der Waals surface area contributed by atoms with E-state index in [2.05, 4.69) is 20.2 Å². The number of hydrogen-bond acceptors (Lipinski definition) is 5. The fourth-order valence-electron chi connectivity index (χ4n) is 3.11. The van der Waals surface area contributed by atoms with Gasteiger partial charge in [0, 0.05) is 36.6 Å². The maximum Gasteiger partial charge on any atom is 0.231 e. The first-order valence-corrected chi connectivity index (χ1v) is 8.74. The van der Waals surface area contributed by atoms with Crippen LogP contribution in [0.15, 0.2) is 55.0 Å². The molecule has 130 valence electrons. The molecule has 0 aliphatic carbocycles. The molecule has 3 aromatic rings. The normalized spacial score (nSPS) is 16.9. The highest BCUT2D eigenvalue weighted by Gasteiger charge is 2.33. The van der Waals surface area contributed by atoms with Crippen LogP contribution < -0.4 is 4.90 Å². The van der Waals surface area contributed by atoms with E-state index >= 15 is 0 Å². The Morgan fingerprint density at radius 2 is 1.92 bits per heavy atom. The summed E-state index contributed by atoms with van der Waals surface area (Å²) in [6.07, 6.45) is 6.59. The van der Waals surface area contributed by atoms with Crippen LogP contribution >= 0.6 is 11.6 Å². The highest BCUT2D eigenvalue weighted by molar-refractivity contribution is 6.29. The number of halogens is 1. The van der Waals surface area contributed by atoms with Gasteiger partial charge in [-0.1, -0.05) is 17.7 Å². The zero-order valence-corrected chi connectivity index (χ0v) is 14.7. The molecule has 4 heterocycles. The second kappa shape index (κ2) is 7.17. The molecule has 4 rings (SSSR count). The van der Waals surface area contributed by atoms with Gasteiger partial charge in [-0.2, -0.15) is 0 Å². The molecular weight excluding hydrogens is 350 g/mol. The van der Waals surface area contributed by atoms with Gasteiger partial charge in [-0.15, -0.1) is 10.2 Å². The lowest BCUT2D eigenvalue weighted by molar-refractivity contribution is -0.120. The van der Waals surface area contributed by atoms with E-state index in [0.29, 0.717) is 23.9 Å². The maximum atomic E-state index is 12.7. The molecule has 1 saturated heterocycles. The molecule has 0 spiro atoms. The fourth-order valence-corrected chi connectivity index (χ4v) is 3.23. The summed E-state index contributed by atoms with van der Waals surface area (Å²) < 4.78 is 0. The van der Waals surface area contributed by atoms with Crippen LogP contribution in [0, 0.1) is 5.92 Å². The number of hydrogen-bond donors (Lipinski definition) is 0. The third-order valence-corrected chi connectivity index (χ3v) is 4.71. The van der Waals surface area contributed by atoms with Gasteiger partial charge >= 0.3 is 0 Å². The predicted molar refractivity (Wildman–Crippen MR) is 98.7 cm³/mol. The van der Waals surface area contributed by atoms with Gasteiger partial charge in [-0.3, -0.25) is 14.7 Å². The summed E-state index contributed by atoms with van der Waals surface area (Å²) in [5.74, 6) is 0.593. The molecule has 0 bridgehead atoms. The molecule has 1 aliphatic heterocycles. The molecule has 1 atom stereocenters. The molecular formula is C19H16ClN5O. The van der Waals surface area contributed by atoms with Gasteiger partial charge in [0.15, 0.2) is 5.82 Å². The molecule has 3 aromatic heterocycles. The molecule has 0 N–H and O–H groups in total. The Labute approximate surface area is 155 Å². The molecule has 0 saturated carbocycles. The number of pyridine rings is 2. The van der Waals surface area contributed by atoms with Gasteiger partial charge in [0.05, 0.1) is 5.69 Å². The van der Waals surface area contributed by atoms with Crippen LogP contribution in [-0.4, -0.2) is 32.6 Å². The van der Waals surface area contributed by atoms with E-state index in [4.69, 9.17) is 11.6 Å². The Balaban J connectivity index is 1.47. The van der Waals surface area contributed by atoms with E-state index < -0.39 is 0 Å². The number of amides is 1. The van der Waals surface area contributed by atoms with Crippen LogP contribution in [0.1, 0.15) is 12.0 Å². The van der Waals surface area contributed by atoms with Crippen molar-refractivity contribution in [2.75, 3.05) is 11.4 Å². The van der Waals surface area contributed by atoms with Gasteiger partial charge in [0.2, 0.25) is 5.91 Å². The van der Waals surface area contributed by atoms with Crippen molar-refractivity contribution in [2.24, 2.45) is 5.92 Å². The lowest BCUT2D eigenvalue weighted by atomic mass is 9.99. The number of nitrogens with zero attached hydrogens (tertiary/aromatic N) is 5. The van der Waals surface area contributed by atoms with Crippen molar-refractivity contribution in [1.29, 1.82) is 0 Å². The second-order valence-electron chi connectivity index (χ2n) is 6.18. The van der Waals surface area contributed by atoms with Crippen LogP contribution in [0.4, 0.5) is 5.82 Å². The summed E-state index contributed by atoms with van der Waals surface area (Å²) in [5.41, 5.74) is 2.71. The molecule has 6 nitrogen and oxygen atoms in total. The van der Waals surface area contributed by atoms with E-state index in [0.717, 1.165) is 23.2 Å². The summed E-state index contributed by atoms with van der Waals surface area (Å²) in [5, 5.41) is 8.95. The third kappa shape index (κ3) is 3.41. The van der Waals surface area contributed by atoms with E-state index in [1.54, 1.807) is 29.6 Å². The second-order valence-corrected chi connectivity index (χ2v) is 6.57. The SMILES string of the molecule is O=C1C(Cc2ccc(Cl)nc2)CCN1c1ccc(-c2ccncc2)nn1. The molecule has 7 heteroatoms. The highest BCUT2D eigenvalue weighted by atomic mass is 35.5. The van der Waals surface area contributed by atoms with Crippen molar-refractivity contribution < 1.29 is 4.79 Å². The Hall–Kier alpha value is -2.86. The van der Waals surface area contributed by atoms with Crippen molar-refractivity contribution in [3.05, 3.63) is 65.7 Å². The average molecular weight is 366 g/mol. The topological polar surface area (TPSA) is 71.9 Å². The molecule has 26 heavy (non-hydrogen) atoms. The van der Waals surface area contributed by atoms with Gasteiger partial charge < -0.3 is 0 Å². The van der Waals surface area contributed by atoms with Crippen LogP contribution in [-0.2, 0) is 11.2 Å². The molecule has 1 aliphatic rings. The van der Waals surface area contributed by atoms with Crippen LogP contribution in [0.5, 0.6) is 0 Å². The maximum absolute atomic E-state index is 12.7. The quantitative estimate of drug-likeness (QED) is 0.664. The van der Waals surface area contributed by atoms with Gasteiger partial charge in [-0.25, -0.2) is 4.98 Å². The van der Waals surface area contributed by atoms with E-state index in [-0.39, 0.29) is 11.8 Å². The Morgan fingerprint density at radius 3 is 2.62 bits per heavy atom. The Kier molecular flexibility index (Phi) is 4.58. The van der Waals surface area contributed by atoms with Crippen molar-refractivity contribution >= 4 is 23.3 Å². The number of carbonyl (C=O) groups is 1. The van der Waals surface area contributed by atoms with Gasteiger partial charge in [0.1, 0.15) is 5.15 Å². The summed E-state index contributed by atoms with van der Waals surface area (Å²) in [6.45, 7) is 0.647. The Morgan fingerprint density at radius 1 is 1.08 bits per heavy atom. The fraction of sp³-hybridized carbons (Fsp3) is 0.211. The van der Waals surface area contributed by atoms with E-state index in [9.17, 15) is 4.79 Å². The van der Waals surface area contributed by atoms with Gasteiger partial charge in [-0.05, 0) is 48.7 Å². The lowest BCUT2D eigenvalue weighted by Gasteiger charge is -2.15. The average Bonchev–Trinajstić information content (AvgIpc) is 3.05. The van der Waals surface area contributed by atoms with Crippen molar-refractivity contribution in [3.63, 3.8) is 0 Å². The van der Waals surface area contributed by atoms with Crippen LogP contribution in [0.3, 0.4) is 0 Å². The minimum Gasteiger partial charge on any atom is -0.295 e. The number of carbonyl (C=O) groups excluding carboxylic acids is 1. The smallest absolute Gasteiger partial charge is 0.231 e. The van der Waals surface area contributed by atoms with E-state index in [1.807, 2.05) is 30.3 Å². The zero-order chi connectivity index (χ0) is 17.9. The molecule has 1 unspecified atom stereocenters. The zero-order valence-electron chi connectivity index (χ0n) is 13.9. The standard InChI is InChI=1S/C19H16ClN5O/c20-17-3-1-13(12-22-17)11-15-7-10-25(19(15)26)18-4-2-16(23-24-18)14-5-8-21-9-6-14/h1-6,8-9,12,15H,7,10-11H2.